The van der Waals surface area contributed by atoms with Crippen LogP contribution < -0.4 is 10.0 Å². The quantitative estimate of drug-likeness (QED) is 0.382. The summed E-state index contributed by atoms with van der Waals surface area (Å²) >= 11 is 6.25. The lowest BCUT2D eigenvalue weighted by Gasteiger charge is -2.20. The maximum Gasteiger partial charge on any atom is 0.261 e. The molecule has 0 bridgehead atoms. The van der Waals surface area contributed by atoms with Gasteiger partial charge >= 0.3 is 0 Å². The Morgan fingerprint density at radius 2 is 1.50 bits per heavy atom. The summed E-state index contributed by atoms with van der Waals surface area (Å²) in [6.07, 6.45) is 3.62. The van der Waals surface area contributed by atoms with Crippen molar-refractivity contribution in [2.75, 3.05) is 23.1 Å². The average molecular weight is 576 g/mol. The molecule has 3 aromatic rings. The van der Waals surface area contributed by atoms with Crippen molar-refractivity contribution in [2.45, 2.75) is 49.3 Å². The molecule has 2 N–H and O–H groups in total. The Kier molecular flexibility index (Phi) is 8.46. The fourth-order valence-electron chi connectivity index (χ4n) is 4.23. The van der Waals surface area contributed by atoms with Crippen LogP contribution in [0, 0.1) is 13.8 Å². The first-order chi connectivity index (χ1) is 18.0. The Labute approximate surface area is 229 Å². The van der Waals surface area contributed by atoms with E-state index in [1.54, 1.807) is 24.3 Å². The highest BCUT2D eigenvalue weighted by atomic mass is 35.5. The highest BCUT2D eigenvalue weighted by molar-refractivity contribution is 7.92. The van der Waals surface area contributed by atoms with Crippen molar-refractivity contribution in [1.29, 1.82) is 0 Å². The number of halogens is 1. The smallest absolute Gasteiger partial charge is 0.261 e. The molecule has 1 heterocycles. The number of nitrogens with zero attached hydrogens (tertiary/aromatic N) is 1. The summed E-state index contributed by atoms with van der Waals surface area (Å²) in [6.45, 7) is 4.74. The molecule has 1 aliphatic heterocycles. The number of aryl methyl sites for hydroxylation is 2. The molecule has 38 heavy (non-hydrogen) atoms. The molecule has 0 unspecified atom stereocenters. The van der Waals surface area contributed by atoms with Crippen LogP contribution in [0.25, 0.3) is 0 Å². The topological polar surface area (TPSA) is 113 Å². The Morgan fingerprint density at radius 1 is 0.789 bits per heavy atom. The second kappa shape index (κ2) is 11.4. The van der Waals surface area contributed by atoms with Gasteiger partial charge in [-0.05, 0) is 86.3 Å². The van der Waals surface area contributed by atoms with E-state index in [-0.39, 0.29) is 26.1 Å². The van der Waals surface area contributed by atoms with Crippen molar-refractivity contribution in [3.05, 3.63) is 82.4 Å². The second-order valence-corrected chi connectivity index (χ2v) is 13.4. The SMILES string of the molecule is Cc1ccc(NS(=O)(=O)c2ccc(Cl)c(C(=O)Nc3cccc(S(=O)(=O)N4CCCCCC4)c3)c2)cc1C. The number of nitrogens with one attached hydrogen (secondary N) is 2. The van der Waals surface area contributed by atoms with E-state index in [4.69, 9.17) is 11.6 Å². The molecule has 1 amide bonds. The lowest BCUT2D eigenvalue weighted by molar-refractivity contribution is 0.102. The zero-order valence-corrected chi connectivity index (χ0v) is 23.6. The van der Waals surface area contributed by atoms with Crippen LogP contribution in [0.2, 0.25) is 5.02 Å². The first kappa shape index (κ1) is 28.1. The Bertz CT molecular complexity index is 1570. The molecule has 0 spiro atoms. The summed E-state index contributed by atoms with van der Waals surface area (Å²) in [5.41, 5.74) is 2.55. The molecule has 0 radical (unpaired) electrons. The van der Waals surface area contributed by atoms with Crippen molar-refractivity contribution in [2.24, 2.45) is 0 Å². The van der Waals surface area contributed by atoms with Crippen LogP contribution in [0.1, 0.15) is 47.2 Å². The van der Waals surface area contributed by atoms with Crippen LogP contribution in [0.4, 0.5) is 11.4 Å². The molecule has 0 atom stereocenters. The Balaban J connectivity index is 1.56. The van der Waals surface area contributed by atoms with Gasteiger partial charge in [0.15, 0.2) is 0 Å². The van der Waals surface area contributed by atoms with Crippen LogP contribution in [0.15, 0.2) is 70.5 Å². The average Bonchev–Trinajstić information content (AvgIpc) is 3.17. The van der Waals surface area contributed by atoms with Gasteiger partial charge in [0.2, 0.25) is 10.0 Å². The Hall–Kier alpha value is -2.92. The monoisotopic (exact) mass is 575 g/mol. The Morgan fingerprint density at radius 3 is 2.18 bits per heavy atom. The minimum Gasteiger partial charge on any atom is -0.322 e. The van der Waals surface area contributed by atoms with E-state index in [1.807, 2.05) is 19.9 Å². The van der Waals surface area contributed by atoms with Gasteiger partial charge in [0.25, 0.3) is 15.9 Å². The van der Waals surface area contributed by atoms with Crippen LogP contribution in [-0.2, 0) is 20.0 Å². The second-order valence-electron chi connectivity index (χ2n) is 9.35. The fourth-order valence-corrected chi connectivity index (χ4v) is 7.07. The van der Waals surface area contributed by atoms with Gasteiger partial charge in [0.05, 0.1) is 20.4 Å². The lowest BCUT2D eigenvalue weighted by Crippen LogP contribution is -2.32. The summed E-state index contributed by atoms with van der Waals surface area (Å²) in [6, 6.07) is 15.1. The van der Waals surface area contributed by atoms with Crippen molar-refractivity contribution in [3.63, 3.8) is 0 Å². The van der Waals surface area contributed by atoms with E-state index < -0.39 is 26.0 Å². The van der Waals surface area contributed by atoms with Crippen LogP contribution >= 0.6 is 11.6 Å². The van der Waals surface area contributed by atoms with Gasteiger partial charge in [-0.1, -0.05) is 36.6 Å². The highest BCUT2D eigenvalue weighted by Gasteiger charge is 2.26. The predicted octanol–water partition coefficient (Wildman–Crippen LogP) is 5.57. The van der Waals surface area contributed by atoms with Crippen LogP contribution in [-0.4, -0.2) is 40.1 Å². The van der Waals surface area contributed by atoms with Gasteiger partial charge in [-0.25, -0.2) is 16.8 Å². The number of rotatable bonds is 7. The third-order valence-electron chi connectivity index (χ3n) is 6.55. The van der Waals surface area contributed by atoms with Crippen molar-refractivity contribution >= 4 is 48.9 Å². The van der Waals surface area contributed by atoms with Gasteiger partial charge < -0.3 is 5.32 Å². The standard InChI is InChI=1S/C27H30ClN3O5S2/c1-19-10-11-22(16-20(19)2)30-37(33,34)23-12-13-26(28)25(18-23)27(32)29-21-8-7-9-24(17-21)38(35,36)31-14-5-3-4-6-15-31/h7-13,16-18,30H,3-6,14-15H2,1-2H3,(H,29,32). The highest BCUT2D eigenvalue weighted by Crippen LogP contribution is 2.26. The molecule has 1 saturated heterocycles. The summed E-state index contributed by atoms with van der Waals surface area (Å²) < 4.78 is 56.4. The van der Waals surface area contributed by atoms with Crippen molar-refractivity contribution in [3.8, 4) is 0 Å². The van der Waals surface area contributed by atoms with Crippen LogP contribution in [0.5, 0.6) is 0 Å². The molecule has 4 rings (SSSR count). The number of anilines is 2. The molecule has 1 fully saturated rings. The maximum atomic E-state index is 13.2. The van der Waals surface area contributed by atoms with Gasteiger partial charge in [-0.2, -0.15) is 4.31 Å². The number of hydrogen-bond donors (Lipinski definition) is 2. The lowest BCUT2D eigenvalue weighted by atomic mass is 10.1. The number of benzene rings is 3. The van der Waals surface area contributed by atoms with Gasteiger partial charge in [-0.15, -0.1) is 0 Å². The van der Waals surface area contributed by atoms with E-state index in [0.717, 1.165) is 36.8 Å². The summed E-state index contributed by atoms with van der Waals surface area (Å²) in [4.78, 5) is 13.0. The molecular formula is C27H30ClN3O5S2. The normalized spacial score (nSPS) is 15.0. The summed E-state index contributed by atoms with van der Waals surface area (Å²) in [7, 11) is -7.71. The third-order valence-corrected chi connectivity index (χ3v) is 10.1. The van der Waals surface area contributed by atoms with Crippen molar-refractivity contribution in [1.82, 2.24) is 4.31 Å². The molecule has 3 aromatic carbocycles. The molecule has 0 aromatic heterocycles. The maximum absolute atomic E-state index is 13.2. The fraction of sp³-hybridized carbons (Fsp3) is 0.296. The predicted molar refractivity (Wildman–Crippen MR) is 150 cm³/mol. The molecule has 0 saturated carbocycles. The first-order valence-electron chi connectivity index (χ1n) is 12.3. The van der Waals surface area contributed by atoms with Crippen LogP contribution in [0.3, 0.4) is 0 Å². The molecular weight excluding hydrogens is 546 g/mol. The van der Waals surface area contributed by atoms with E-state index >= 15 is 0 Å². The number of sulfonamides is 2. The van der Waals surface area contributed by atoms with E-state index in [0.29, 0.717) is 18.8 Å². The minimum absolute atomic E-state index is 0.0565. The van der Waals surface area contributed by atoms with E-state index in [9.17, 15) is 21.6 Å². The first-order valence-corrected chi connectivity index (χ1v) is 15.6. The van der Waals surface area contributed by atoms with E-state index in [1.165, 1.54) is 34.6 Å². The molecule has 11 heteroatoms. The summed E-state index contributed by atoms with van der Waals surface area (Å²) in [5.74, 6) is -0.664. The molecule has 8 nitrogen and oxygen atoms in total. The summed E-state index contributed by atoms with van der Waals surface area (Å²) in [5, 5.41) is 2.70. The number of hydrogen-bond acceptors (Lipinski definition) is 5. The largest absolute Gasteiger partial charge is 0.322 e. The van der Waals surface area contributed by atoms with Gasteiger partial charge in [0.1, 0.15) is 0 Å². The molecule has 1 aliphatic rings. The van der Waals surface area contributed by atoms with Crippen molar-refractivity contribution < 1.29 is 21.6 Å². The van der Waals surface area contributed by atoms with Gasteiger partial charge in [-0.3, -0.25) is 9.52 Å². The minimum atomic E-state index is -4.00. The number of carbonyl (C=O) groups excluding carboxylic acids is 1. The molecule has 0 aliphatic carbocycles. The van der Waals surface area contributed by atoms with E-state index in [2.05, 4.69) is 10.0 Å². The molecule has 202 valence electrons. The zero-order valence-electron chi connectivity index (χ0n) is 21.2. The number of amides is 1. The third kappa shape index (κ3) is 6.37. The zero-order chi connectivity index (χ0) is 27.5. The van der Waals surface area contributed by atoms with Gasteiger partial charge in [0, 0.05) is 24.5 Å². The number of carbonyl (C=O) groups is 1.